The van der Waals surface area contributed by atoms with Crippen LogP contribution in [0.1, 0.15) is 44.3 Å². The molecule has 0 amide bonds. The summed E-state index contributed by atoms with van der Waals surface area (Å²) in [6.45, 7) is 2.08. The fourth-order valence-electron chi connectivity index (χ4n) is 2.35. The zero-order chi connectivity index (χ0) is 10.9. The summed E-state index contributed by atoms with van der Waals surface area (Å²) in [4.78, 5) is 4.51. The third-order valence-electron chi connectivity index (χ3n) is 3.32. The van der Waals surface area contributed by atoms with Crippen LogP contribution in [0.5, 0.6) is 0 Å². The number of nitrogens with two attached hydrogens (primary N) is 1. The lowest BCUT2D eigenvalue weighted by molar-refractivity contribution is 0.418. The van der Waals surface area contributed by atoms with E-state index in [-0.39, 0.29) is 5.54 Å². The maximum atomic E-state index is 6.33. The number of aryl methyl sites for hydroxylation is 2. The minimum Gasteiger partial charge on any atom is -0.325 e. The third kappa shape index (κ3) is 2.20. The van der Waals surface area contributed by atoms with Gasteiger partial charge in [-0.25, -0.2) is 4.98 Å². The van der Waals surface area contributed by atoms with Crippen LogP contribution < -0.4 is 5.73 Å². The zero-order valence-electron chi connectivity index (χ0n) is 9.66. The van der Waals surface area contributed by atoms with Crippen LogP contribution in [0.25, 0.3) is 0 Å². The zero-order valence-corrected chi connectivity index (χ0v) is 9.66. The highest BCUT2D eigenvalue weighted by molar-refractivity contribution is 5.02. The van der Waals surface area contributed by atoms with Crippen molar-refractivity contribution in [1.29, 1.82) is 0 Å². The molecule has 1 aliphatic carbocycles. The first-order valence-electron chi connectivity index (χ1n) is 5.81. The molecule has 0 atom stereocenters. The molecule has 1 heterocycles. The van der Waals surface area contributed by atoms with Gasteiger partial charge in [-0.15, -0.1) is 0 Å². The van der Waals surface area contributed by atoms with Crippen LogP contribution in [0, 0.1) is 0 Å². The van der Waals surface area contributed by atoms with Crippen molar-refractivity contribution in [3.05, 3.63) is 11.6 Å². The van der Waals surface area contributed by atoms with E-state index in [0.717, 1.165) is 37.3 Å². The van der Waals surface area contributed by atoms with Gasteiger partial charge in [0, 0.05) is 25.4 Å². The van der Waals surface area contributed by atoms with Crippen LogP contribution in [-0.2, 0) is 19.9 Å². The molecule has 1 aliphatic rings. The van der Waals surface area contributed by atoms with Gasteiger partial charge in [0.15, 0.2) is 5.82 Å². The second-order valence-corrected chi connectivity index (χ2v) is 4.67. The van der Waals surface area contributed by atoms with Crippen molar-refractivity contribution in [2.75, 3.05) is 0 Å². The van der Waals surface area contributed by atoms with E-state index in [2.05, 4.69) is 17.0 Å². The Morgan fingerprint density at radius 1 is 1.40 bits per heavy atom. The quantitative estimate of drug-likeness (QED) is 0.811. The molecule has 1 aromatic heterocycles. The van der Waals surface area contributed by atoms with Crippen molar-refractivity contribution in [1.82, 2.24) is 14.8 Å². The first-order chi connectivity index (χ1) is 7.13. The molecule has 0 bridgehead atoms. The predicted molar refractivity (Wildman–Crippen MR) is 59.5 cm³/mol. The number of aromatic nitrogens is 3. The monoisotopic (exact) mass is 208 g/mol. The largest absolute Gasteiger partial charge is 0.325 e. The number of hydrogen-bond acceptors (Lipinski definition) is 3. The van der Waals surface area contributed by atoms with Crippen molar-refractivity contribution < 1.29 is 0 Å². The second kappa shape index (κ2) is 3.93. The molecule has 1 fully saturated rings. The molecule has 0 unspecified atom stereocenters. The molecule has 1 saturated carbocycles. The van der Waals surface area contributed by atoms with Gasteiger partial charge in [0.2, 0.25) is 0 Å². The van der Waals surface area contributed by atoms with Crippen molar-refractivity contribution in [2.24, 2.45) is 12.8 Å². The lowest BCUT2D eigenvalue weighted by atomic mass is 9.94. The summed E-state index contributed by atoms with van der Waals surface area (Å²) in [6, 6.07) is 0. The SMILES string of the molecule is CCc1nc(CC2(N)CCCC2)n(C)n1. The molecule has 0 aliphatic heterocycles. The van der Waals surface area contributed by atoms with E-state index in [4.69, 9.17) is 5.73 Å². The summed E-state index contributed by atoms with van der Waals surface area (Å²) in [5.74, 6) is 1.96. The molecular formula is C11H20N4. The first kappa shape index (κ1) is 10.6. The summed E-state index contributed by atoms with van der Waals surface area (Å²) in [7, 11) is 1.96. The van der Waals surface area contributed by atoms with E-state index in [0.29, 0.717) is 0 Å². The van der Waals surface area contributed by atoms with E-state index in [1.807, 2.05) is 11.7 Å². The minimum absolute atomic E-state index is 0.0220. The maximum Gasteiger partial charge on any atom is 0.150 e. The van der Waals surface area contributed by atoms with Crippen LogP contribution >= 0.6 is 0 Å². The summed E-state index contributed by atoms with van der Waals surface area (Å²) in [5, 5.41) is 4.35. The Hall–Kier alpha value is -0.900. The van der Waals surface area contributed by atoms with E-state index in [1.165, 1.54) is 12.8 Å². The van der Waals surface area contributed by atoms with Gasteiger partial charge < -0.3 is 5.73 Å². The van der Waals surface area contributed by atoms with Gasteiger partial charge >= 0.3 is 0 Å². The molecule has 4 heteroatoms. The molecule has 84 valence electrons. The molecule has 2 rings (SSSR count). The topological polar surface area (TPSA) is 56.7 Å². The summed E-state index contributed by atoms with van der Waals surface area (Å²) in [6.07, 6.45) is 6.54. The first-order valence-corrected chi connectivity index (χ1v) is 5.81. The standard InChI is InChI=1S/C11H20N4/c1-3-9-13-10(15(2)14-9)8-11(12)6-4-5-7-11/h3-8,12H2,1-2H3. The molecule has 0 aromatic carbocycles. The normalized spacial score (nSPS) is 19.7. The van der Waals surface area contributed by atoms with Crippen molar-refractivity contribution in [3.8, 4) is 0 Å². The fourth-order valence-corrected chi connectivity index (χ4v) is 2.35. The molecular weight excluding hydrogens is 188 g/mol. The molecule has 2 N–H and O–H groups in total. The average Bonchev–Trinajstić information content (AvgIpc) is 2.75. The van der Waals surface area contributed by atoms with Gasteiger partial charge in [-0.3, -0.25) is 4.68 Å². The molecule has 4 nitrogen and oxygen atoms in total. The van der Waals surface area contributed by atoms with Gasteiger partial charge in [-0.1, -0.05) is 19.8 Å². The van der Waals surface area contributed by atoms with Gasteiger partial charge in [0.05, 0.1) is 0 Å². The molecule has 1 aromatic rings. The van der Waals surface area contributed by atoms with Crippen molar-refractivity contribution in [3.63, 3.8) is 0 Å². The number of nitrogens with zero attached hydrogens (tertiary/aromatic N) is 3. The van der Waals surface area contributed by atoms with E-state index in [9.17, 15) is 0 Å². The van der Waals surface area contributed by atoms with E-state index < -0.39 is 0 Å². The third-order valence-corrected chi connectivity index (χ3v) is 3.32. The highest BCUT2D eigenvalue weighted by atomic mass is 15.3. The van der Waals surface area contributed by atoms with Crippen LogP contribution in [-0.4, -0.2) is 20.3 Å². The van der Waals surface area contributed by atoms with Crippen molar-refractivity contribution >= 4 is 0 Å². The van der Waals surface area contributed by atoms with Crippen LogP contribution in [0.4, 0.5) is 0 Å². The highest BCUT2D eigenvalue weighted by Gasteiger charge is 2.31. The van der Waals surface area contributed by atoms with Crippen LogP contribution in [0.15, 0.2) is 0 Å². The molecule has 0 saturated heterocycles. The fraction of sp³-hybridized carbons (Fsp3) is 0.818. The van der Waals surface area contributed by atoms with E-state index >= 15 is 0 Å². The lowest BCUT2D eigenvalue weighted by Crippen LogP contribution is -2.39. The predicted octanol–water partition coefficient (Wildman–Crippen LogP) is 1.19. The number of hydrogen-bond donors (Lipinski definition) is 1. The van der Waals surface area contributed by atoms with Gasteiger partial charge in [0.1, 0.15) is 5.82 Å². The number of rotatable bonds is 3. The van der Waals surface area contributed by atoms with Crippen molar-refractivity contribution in [2.45, 2.75) is 51.0 Å². The van der Waals surface area contributed by atoms with Gasteiger partial charge in [0.25, 0.3) is 0 Å². The lowest BCUT2D eigenvalue weighted by Gasteiger charge is -2.22. The summed E-state index contributed by atoms with van der Waals surface area (Å²) in [5.41, 5.74) is 6.31. The Kier molecular flexibility index (Phi) is 2.78. The second-order valence-electron chi connectivity index (χ2n) is 4.67. The molecule has 15 heavy (non-hydrogen) atoms. The minimum atomic E-state index is -0.0220. The summed E-state index contributed by atoms with van der Waals surface area (Å²) >= 11 is 0. The smallest absolute Gasteiger partial charge is 0.150 e. The Morgan fingerprint density at radius 3 is 2.60 bits per heavy atom. The van der Waals surface area contributed by atoms with E-state index in [1.54, 1.807) is 0 Å². The molecule has 0 radical (unpaired) electrons. The van der Waals surface area contributed by atoms with Gasteiger partial charge in [-0.05, 0) is 12.8 Å². The average molecular weight is 208 g/mol. The summed E-state index contributed by atoms with van der Waals surface area (Å²) < 4.78 is 1.88. The highest BCUT2D eigenvalue weighted by Crippen LogP contribution is 2.29. The Morgan fingerprint density at radius 2 is 2.07 bits per heavy atom. The Balaban J connectivity index is 2.12. The maximum absolute atomic E-state index is 6.33. The van der Waals surface area contributed by atoms with Crippen LogP contribution in [0.3, 0.4) is 0 Å². The Bertz CT molecular complexity index is 336. The van der Waals surface area contributed by atoms with Gasteiger partial charge in [-0.2, -0.15) is 5.10 Å². The van der Waals surface area contributed by atoms with Crippen LogP contribution in [0.2, 0.25) is 0 Å². The Labute approximate surface area is 90.9 Å². The molecule has 0 spiro atoms.